The van der Waals surface area contributed by atoms with E-state index < -0.39 is 0 Å². The van der Waals surface area contributed by atoms with Gasteiger partial charge in [0, 0.05) is 0 Å². The molecule has 0 heterocycles. The highest BCUT2D eigenvalue weighted by atomic mass is 79.9. The van der Waals surface area contributed by atoms with E-state index in [4.69, 9.17) is 4.74 Å². The topological polar surface area (TPSA) is 29.5 Å². The van der Waals surface area contributed by atoms with Crippen LogP contribution in [0.1, 0.15) is 65.2 Å². The Morgan fingerprint density at radius 2 is 2.11 bits per heavy atom. The first-order valence-corrected chi connectivity index (χ1v) is 12.1. The predicted molar refractivity (Wildman–Crippen MR) is 121 cm³/mol. The molecule has 0 bridgehead atoms. The molecule has 5 atom stereocenters. The van der Waals surface area contributed by atoms with Crippen LogP contribution in [0.25, 0.3) is 0 Å². The Hall–Kier alpha value is -0.800. The summed E-state index contributed by atoms with van der Waals surface area (Å²) in [6.07, 6.45) is 13.4. The molecule has 3 aliphatic carbocycles. The molecule has 0 unspecified atom stereocenters. The van der Waals surface area contributed by atoms with Crippen LogP contribution in [-0.4, -0.2) is 23.1 Å². The van der Waals surface area contributed by atoms with E-state index in [2.05, 4.69) is 55.1 Å². The van der Waals surface area contributed by atoms with E-state index in [1.54, 1.807) is 5.57 Å². The molecule has 2 nitrogen and oxygen atoms in total. The zero-order valence-electron chi connectivity index (χ0n) is 17.7. The summed E-state index contributed by atoms with van der Waals surface area (Å²) in [5.74, 6) is 2.78. The molecule has 0 aromatic carbocycles. The van der Waals surface area contributed by atoms with Gasteiger partial charge in [-0.3, -0.25) is 0 Å². The zero-order chi connectivity index (χ0) is 20.3. The maximum Gasteiger partial charge on any atom is 0.0993 e. The van der Waals surface area contributed by atoms with E-state index in [-0.39, 0.29) is 6.10 Å². The van der Waals surface area contributed by atoms with Gasteiger partial charge in [0.1, 0.15) is 0 Å². The van der Waals surface area contributed by atoms with Crippen molar-refractivity contribution < 1.29 is 9.84 Å². The van der Waals surface area contributed by atoms with Crippen LogP contribution in [0.2, 0.25) is 0 Å². The highest BCUT2D eigenvalue weighted by molar-refractivity contribution is 9.09. The zero-order valence-corrected chi connectivity index (χ0v) is 19.3. The van der Waals surface area contributed by atoms with E-state index in [0.29, 0.717) is 28.5 Å². The number of aliphatic hydroxyl groups is 1. The van der Waals surface area contributed by atoms with Gasteiger partial charge in [0.2, 0.25) is 0 Å². The van der Waals surface area contributed by atoms with Gasteiger partial charge >= 0.3 is 0 Å². The first-order chi connectivity index (χ1) is 13.3. The standard InChI is InChI=1S/C25H37BrO2/c1-17-7-10-22(27)14-21(17)9-8-20-6-5-13-25(4)23(11-12-24(20)25)18(2)16-28-19(3)15-26/h8-9,18,22-24,27H,1,3,5-7,10-16H2,2,4H3/b20-8+,21-9-/t18-,22+,23-,24+,25-/m1/s1. The third-order valence-electron chi connectivity index (χ3n) is 7.61. The largest absolute Gasteiger partial charge is 0.497 e. The van der Waals surface area contributed by atoms with E-state index in [0.717, 1.165) is 31.6 Å². The maximum absolute atomic E-state index is 10.0. The van der Waals surface area contributed by atoms with Crippen molar-refractivity contribution in [3.05, 3.63) is 47.8 Å². The fourth-order valence-electron chi connectivity index (χ4n) is 6.01. The van der Waals surface area contributed by atoms with Gasteiger partial charge in [-0.1, -0.05) is 66.2 Å². The predicted octanol–water partition coefficient (Wildman–Crippen LogP) is 6.72. The van der Waals surface area contributed by atoms with E-state index in [9.17, 15) is 5.11 Å². The van der Waals surface area contributed by atoms with Gasteiger partial charge in [0.05, 0.1) is 23.8 Å². The summed E-state index contributed by atoms with van der Waals surface area (Å²) >= 11 is 3.42. The quantitative estimate of drug-likeness (QED) is 0.360. The summed E-state index contributed by atoms with van der Waals surface area (Å²) in [6, 6.07) is 0. The van der Waals surface area contributed by atoms with Crippen LogP contribution in [0.4, 0.5) is 0 Å². The van der Waals surface area contributed by atoms with E-state index in [1.165, 1.54) is 43.3 Å². The number of allylic oxidation sites excluding steroid dienone is 5. The van der Waals surface area contributed by atoms with Crippen molar-refractivity contribution >= 4 is 15.9 Å². The monoisotopic (exact) mass is 448 g/mol. The molecule has 3 saturated carbocycles. The molecule has 156 valence electrons. The fourth-order valence-corrected chi connectivity index (χ4v) is 6.18. The SMILES string of the molecule is C=C(CBr)OC[C@@H](C)[C@H]1CC[C@H]2/C(=C/C=C3/C[C@@H](O)CCC3=C)CCC[C@]12C. The number of halogens is 1. The number of alkyl halides is 1. The lowest BCUT2D eigenvalue weighted by Crippen LogP contribution is -2.37. The van der Waals surface area contributed by atoms with Gasteiger partial charge in [0.15, 0.2) is 0 Å². The molecular weight excluding hydrogens is 412 g/mol. The van der Waals surface area contributed by atoms with Gasteiger partial charge in [-0.2, -0.15) is 0 Å². The average Bonchev–Trinajstić information content (AvgIpc) is 3.04. The molecule has 0 saturated heterocycles. The number of rotatable bonds is 6. The average molecular weight is 449 g/mol. The first kappa shape index (κ1) is 21.9. The van der Waals surface area contributed by atoms with Crippen LogP contribution in [0, 0.1) is 23.2 Å². The summed E-state index contributed by atoms with van der Waals surface area (Å²) in [5.41, 5.74) is 4.46. The van der Waals surface area contributed by atoms with Crippen molar-refractivity contribution in [2.24, 2.45) is 23.2 Å². The molecule has 28 heavy (non-hydrogen) atoms. The van der Waals surface area contributed by atoms with Crippen molar-refractivity contribution in [1.29, 1.82) is 0 Å². The molecule has 0 amide bonds. The summed E-state index contributed by atoms with van der Waals surface area (Å²) in [4.78, 5) is 0. The second-order valence-corrected chi connectivity index (χ2v) is 10.1. The van der Waals surface area contributed by atoms with Crippen LogP contribution in [0.15, 0.2) is 47.8 Å². The molecule has 3 fully saturated rings. The third kappa shape index (κ3) is 4.67. The molecule has 3 rings (SSSR count). The second kappa shape index (κ2) is 9.34. The van der Waals surface area contributed by atoms with Crippen molar-refractivity contribution in [2.75, 3.05) is 11.9 Å². The first-order valence-electron chi connectivity index (χ1n) is 11.0. The molecule has 0 radical (unpaired) electrons. The number of hydrogen-bond donors (Lipinski definition) is 1. The number of aliphatic hydroxyl groups excluding tert-OH is 1. The normalized spacial score (nSPS) is 37.1. The fraction of sp³-hybridized carbons (Fsp3) is 0.680. The van der Waals surface area contributed by atoms with Gasteiger partial charge in [0.25, 0.3) is 0 Å². The molecule has 3 aliphatic rings. The summed E-state index contributed by atoms with van der Waals surface area (Å²) < 4.78 is 5.87. The van der Waals surface area contributed by atoms with Crippen molar-refractivity contribution in [3.63, 3.8) is 0 Å². The molecule has 0 aliphatic heterocycles. The van der Waals surface area contributed by atoms with Gasteiger partial charge in [-0.15, -0.1) is 0 Å². The summed E-state index contributed by atoms with van der Waals surface area (Å²) in [5, 5.41) is 10.7. The summed E-state index contributed by atoms with van der Waals surface area (Å²) in [7, 11) is 0. The molecule has 3 heteroatoms. The Balaban J connectivity index is 1.72. The second-order valence-electron chi connectivity index (χ2n) is 9.49. The molecule has 0 aromatic rings. The van der Waals surface area contributed by atoms with Crippen molar-refractivity contribution in [3.8, 4) is 0 Å². The van der Waals surface area contributed by atoms with Gasteiger partial charge in [-0.25, -0.2) is 0 Å². The lowest BCUT2D eigenvalue weighted by atomic mass is 9.61. The Morgan fingerprint density at radius 1 is 1.32 bits per heavy atom. The lowest BCUT2D eigenvalue weighted by Gasteiger charge is -2.44. The van der Waals surface area contributed by atoms with Crippen molar-refractivity contribution in [1.82, 2.24) is 0 Å². The van der Waals surface area contributed by atoms with Crippen LogP contribution in [-0.2, 0) is 4.74 Å². The highest BCUT2D eigenvalue weighted by Gasteiger charge is 2.50. The Labute approximate surface area is 179 Å². The van der Waals surface area contributed by atoms with Crippen LogP contribution in [0.5, 0.6) is 0 Å². The number of ether oxygens (including phenoxy) is 1. The molecule has 1 N–H and O–H groups in total. The smallest absolute Gasteiger partial charge is 0.0993 e. The van der Waals surface area contributed by atoms with Crippen LogP contribution < -0.4 is 0 Å². The Morgan fingerprint density at radius 3 is 2.86 bits per heavy atom. The maximum atomic E-state index is 10.0. The number of fused-ring (bicyclic) bond motifs is 1. The Kier molecular flexibility index (Phi) is 7.31. The Bertz CT molecular complexity index is 661. The van der Waals surface area contributed by atoms with Crippen molar-refractivity contribution in [2.45, 2.75) is 71.3 Å². The molecule has 0 spiro atoms. The van der Waals surface area contributed by atoms with Gasteiger partial charge in [-0.05, 0) is 80.1 Å². The lowest BCUT2D eigenvalue weighted by molar-refractivity contribution is 0.0580. The highest BCUT2D eigenvalue weighted by Crippen LogP contribution is 2.59. The van der Waals surface area contributed by atoms with E-state index in [1.807, 2.05) is 0 Å². The van der Waals surface area contributed by atoms with Crippen LogP contribution >= 0.6 is 15.9 Å². The third-order valence-corrected chi connectivity index (χ3v) is 8.24. The minimum Gasteiger partial charge on any atom is -0.497 e. The minimum atomic E-state index is -0.197. The molecular formula is C25H37BrO2. The molecule has 0 aromatic heterocycles. The van der Waals surface area contributed by atoms with Crippen LogP contribution in [0.3, 0.4) is 0 Å². The summed E-state index contributed by atoms with van der Waals surface area (Å²) in [6.45, 7) is 13.8. The van der Waals surface area contributed by atoms with Gasteiger partial charge < -0.3 is 9.84 Å². The minimum absolute atomic E-state index is 0.197. The van der Waals surface area contributed by atoms with E-state index >= 15 is 0 Å². The number of hydrogen-bond acceptors (Lipinski definition) is 2.